The summed E-state index contributed by atoms with van der Waals surface area (Å²) in [5.74, 6) is -0.205. The van der Waals surface area contributed by atoms with Crippen LogP contribution in [0.3, 0.4) is 0 Å². The highest BCUT2D eigenvalue weighted by Gasteiger charge is 2.48. The molecule has 2 rings (SSSR count). The number of methoxy groups -OCH3 is 1. The van der Waals surface area contributed by atoms with Gasteiger partial charge in [0.25, 0.3) is 5.56 Å². The molecule has 1 saturated heterocycles. The number of aryl methyl sites for hydroxylation is 1. The molecule has 2 heterocycles. The van der Waals surface area contributed by atoms with Crippen LogP contribution in [0, 0.1) is 12.3 Å². The number of nitrogens with zero attached hydrogens (tertiary/aromatic N) is 1. The Hall–Kier alpha value is -1.93. The van der Waals surface area contributed by atoms with Crippen LogP contribution in [-0.2, 0) is 16.0 Å². The van der Waals surface area contributed by atoms with E-state index >= 15 is 0 Å². The number of aromatic amines is 2. The first-order chi connectivity index (χ1) is 11.1. The molecule has 0 spiro atoms. The van der Waals surface area contributed by atoms with Crippen molar-refractivity contribution >= 4 is 5.91 Å². The first-order valence-corrected chi connectivity index (χ1v) is 7.91. The third kappa shape index (κ3) is 3.44. The molecule has 0 unspecified atom stereocenters. The maximum absolute atomic E-state index is 12.6. The van der Waals surface area contributed by atoms with Gasteiger partial charge < -0.3 is 19.7 Å². The minimum Gasteiger partial charge on any atom is -0.387 e. The molecular weight excluding hydrogens is 314 g/mol. The van der Waals surface area contributed by atoms with Gasteiger partial charge in [0.2, 0.25) is 5.91 Å². The van der Waals surface area contributed by atoms with Gasteiger partial charge in [-0.2, -0.15) is 0 Å². The van der Waals surface area contributed by atoms with Gasteiger partial charge >= 0.3 is 5.69 Å². The van der Waals surface area contributed by atoms with Crippen LogP contribution in [0.2, 0.25) is 0 Å². The average Bonchev–Trinajstić information content (AvgIpc) is 2.46. The number of likely N-dealkylation sites (tertiary alicyclic amines) is 1. The molecule has 0 bridgehead atoms. The van der Waals surface area contributed by atoms with Crippen LogP contribution in [0.5, 0.6) is 0 Å². The zero-order valence-corrected chi connectivity index (χ0v) is 14.6. The predicted octanol–water partition coefficient (Wildman–Crippen LogP) is -0.450. The van der Waals surface area contributed by atoms with Gasteiger partial charge in [-0.3, -0.25) is 14.6 Å². The van der Waals surface area contributed by atoms with Gasteiger partial charge in [-0.05, 0) is 13.3 Å². The van der Waals surface area contributed by atoms with Gasteiger partial charge in [-0.15, -0.1) is 0 Å². The van der Waals surface area contributed by atoms with Crippen molar-refractivity contribution < 1.29 is 14.6 Å². The van der Waals surface area contributed by atoms with Crippen LogP contribution in [0.1, 0.15) is 31.5 Å². The number of amides is 1. The van der Waals surface area contributed by atoms with Crippen molar-refractivity contribution in [3.8, 4) is 0 Å². The Morgan fingerprint density at radius 3 is 2.54 bits per heavy atom. The highest BCUT2D eigenvalue weighted by Crippen LogP contribution is 2.38. The van der Waals surface area contributed by atoms with E-state index in [1.54, 1.807) is 11.8 Å². The lowest BCUT2D eigenvalue weighted by molar-refractivity contribution is -0.163. The zero-order valence-electron chi connectivity index (χ0n) is 14.6. The molecule has 1 atom stereocenters. The smallest absolute Gasteiger partial charge is 0.325 e. The lowest BCUT2D eigenvalue weighted by Crippen LogP contribution is -2.60. The fourth-order valence-corrected chi connectivity index (χ4v) is 3.18. The molecule has 1 aliphatic rings. The second-order valence-electron chi connectivity index (χ2n) is 7.10. The van der Waals surface area contributed by atoms with E-state index in [-0.39, 0.29) is 24.5 Å². The Labute approximate surface area is 139 Å². The van der Waals surface area contributed by atoms with Gasteiger partial charge in [0.1, 0.15) is 0 Å². The van der Waals surface area contributed by atoms with E-state index in [1.807, 2.05) is 13.8 Å². The molecule has 134 valence electrons. The third-order valence-corrected chi connectivity index (χ3v) is 4.96. The van der Waals surface area contributed by atoms with E-state index in [0.29, 0.717) is 25.2 Å². The molecule has 1 aromatic rings. The number of carbonyl (C=O) groups excluding carboxylic acids is 1. The van der Waals surface area contributed by atoms with E-state index in [2.05, 4.69) is 9.97 Å². The van der Waals surface area contributed by atoms with Crippen molar-refractivity contribution in [3.05, 3.63) is 32.1 Å². The molecule has 0 radical (unpaired) electrons. The number of piperidine rings is 1. The van der Waals surface area contributed by atoms with Crippen molar-refractivity contribution in [1.29, 1.82) is 0 Å². The molecule has 1 aromatic heterocycles. The highest BCUT2D eigenvalue weighted by molar-refractivity contribution is 5.79. The van der Waals surface area contributed by atoms with E-state index < -0.39 is 22.3 Å². The Morgan fingerprint density at radius 2 is 2.00 bits per heavy atom. The number of ether oxygens (including phenoxy) is 1. The fraction of sp³-hybridized carbons (Fsp3) is 0.688. The molecular formula is C16H25N3O5. The van der Waals surface area contributed by atoms with E-state index in [0.717, 1.165) is 0 Å². The summed E-state index contributed by atoms with van der Waals surface area (Å²) in [5.41, 5.74) is -2.01. The summed E-state index contributed by atoms with van der Waals surface area (Å²) in [6, 6.07) is 0. The maximum Gasteiger partial charge on any atom is 0.325 e. The van der Waals surface area contributed by atoms with Crippen LogP contribution in [-0.4, -0.2) is 58.3 Å². The molecule has 1 fully saturated rings. The number of nitrogens with one attached hydrogen (secondary N) is 2. The maximum atomic E-state index is 12.6. The summed E-state index contributed by atoms with van der Waals surface area (Å²) in [4.78, 5) is 42.0. The third-order valence-electron chi connectivity index (χ3n) is 4.96. The summed E-state index contributed by atoms with van der Waals surface area (Å²) in [6.45, 7) is 6.35. The van der Waals surface area contributed by atoms with Gasteiger partial charge in [-0.1, -0.05) is 13.8 Å². The summed E-state index contributed by atoms with van der Waals surface area (Å²) in [7, 11) is 1.54. The van der Waals surface area contributed by atoms with Gasteiger partial charge in [-0.25, -0.2) is 4.79 Å². The summed E-state index contributed by atoms with van der Waals surface area (Å²) in [6.07, 6.45) is 0.317. The second-order valence-corrected chi connectivity index (χ2v) is 7.10. The van der Waals surface area contributed by atoms with Gasteiger partial charge in [0.15, 0.2) is 0 Å². The zero-order chi connectivity index (χ0) is 18.1. The topological polar surface area (TPSA) is 115 Å². The number of aromatic nitrogens is 2. The largest absolute Gasteiger partial charge is 0.387 e. The van der Waals surface area contributed by atoms with E-state index in [9.17, 15) is 19.5 Å². The Morgan fingerprint density at radius 1 is 1.33 bits per heavy atom. The number of aliphatic hydroxyl groups is 1. The quantitative estimate of drug-likeness (QED) is 0.687. The normalized spacial score (nSPS) is 23.3. The van der Waals surface area contributed by atoms with Crippen molar-refractivity contribution in [2.24, 2.45) is 5.41 Å². The standard InChI is InChI=1S/C16H25N3O5/c1-10-11(13(21)18-14(22)17-10)7-12(20)19-6-5-16(23,9-24-4)15(2,3)8-19/h23H,5-9H2,1-4H3,(H2,17,18,21,22)/t16-/m1/s1. The first-order valence-electron chi connectivity index (χ1n) is 7.91. The van der Waals surface area contributed by atoms with E-state index in [4.69, 9.17) is 4.74 Å². The van der Waals surface area contributed by atoms with Crippen molar-refractivity contribution in [3.63, 3.8) is 0 Å². The Bertz CT molecular complexity index is 736. The lowest BCUT2D eigenvalue weighted by atomic mass is 9.70. The van der Waals surface area contributed by atoms with Crippen LogP contribution < -0.4 is 11.2 Å². The minimum atomic E-state index is -0.996. The monoisotopic (exact) mass is 339 g/mol. The molecule has 1 amide bonds. The molecule has 0 aromatic carbocycles. The van der Waals surface area contributed by atoms with Crippen molar-refractivity contribution in [2.45, 2.75) is 39.2 Å². The minimum absolute atomic E-state index is 0.0866. The number of hydrogen-bond donors (Lipinski definition) is 3. The molecule has 8 nitrogen and oxygen atoms in total. The number of H-pyrrole nitrogens is 2. The predicted molar refractivity (Wildman–Crippen MR) is 87.9 cm³/mol. The van der Waals surface area contributed by atoms with E-state index in [1.165, 1.54) is 7.11 Å². The molecule has 1 aliphatic heterocycles. The lowest BCUT2D eigenvalue weighted by Gasteiger charge is -2.50. The Kier molecular flexibility index (Phi) is 5.00. The van der Waals surface area contributed by atoms with Crippen molar-refractivity contribution in [1.82, 2.24) is 14.9 Å². The highest BCUT2D eigenvalue weighted by atomic mass is 16.5. The van der Waals surface area contributed by atoms with Crippen LogP contribution in [0.15, 0.2) is 9.59 Å². The molecule has 0 saturated carbocycles. The fourth-order valence-electron chi connectivity index (χ4n) is 3.18. The molecule has 24 heavy (non-hydrogen) atoms. The number of hydrogen-bond acceptors (Lipinski definition) is 5. The Balaban J connectivity index is 2.16. The number of rotatable bonds is 4. The van der Waals surface area contributed by atoms with Crippen LogP contribution in [0.25, 0.3) is 0 Å². The SMILES string of the molecule is COC[C@]1(O)CCN(C(=O)Cc2c(C)[nH]c(=O)[nH]c2=O)CC1(C)C. The summed E-state index contributed by atoms with van der Waals surface area (Å²) in [5, 5.41) is 10.7. The second kappa shape index (κ2) is 6.52. The average molecular weight is 339 g/mol. The first kappa shape index (κ1) is 18.4. The molecule has 0 aliphatic carbocycles. The molecule has 3 N–H and O–H groups in total. The van der Waals surface area contributed by atoms with Crippen LogP contribution >= 0.6 is 0 Å². The summed E-state index contributed by atoms with van der Waals surface area (Å²) >= 11 is 0. The molecule has 8 heteroatoms. The van der Waals surface area contributed by atoms with Gasteiger partial charge in [0, 0.05) is 36.9 Å². The van der Waals surface area contributed by atoms with Crippen molar-refractivity contribution in [2.75, 3.05) is 26.8 Å². The summed E-state index contributed by atoms with van der Waals surface area (Å²) < 4.78 is 5.12. The van der Waals surface area contributed by atoms with Gasteiger partial charge in [0.05, 0.1) is 18.6 Å². The van der Waals surface area contributed by atoms with Crippen LogP contribution in [0.4, 0.5) is 0 Å². The number of carbonyl (C=O) groups is 1.